The predicted molar refractivity (Wildman–Crippen MR) is 80.2 cm³/mol. The van der Waals surface area contributed by atoms with Crippen molar-refractivity contribution in [2.75, 3.05) is 0 Å². The zero-order valence-electron chi connectivity index (χ0n) is 10.9. The molecule has 0 spiro atoms. The van der Waals surface area contributed by atoms with E-state index in [1.54, 1.807) is 19.9 Å². The Kier molecular flexibility index (Phi) is 4.23. The molecule has 0 unspecified atom stereocenters. The van der Waals surface area contributed by atoms with E-state index in [-0.39, 0.29) is 17.9 Å². The molecule has 0 aliphatic carbocycles. The number of nitrogens with two attached hydrogens (primary N) is 1. The molecule has 0 radical (unpaired) electrons. The lowest BCUT2D eigenvalue weighted by Crippen LogP contribution is -2.30. The number of hydrogen-bond acceptors (Lipinski definition) is 5. The highest BCUT2D eigenvalue weighted by Crippen LogP contribution is 2.15. The fraction of sp³-hybridized carbons (Fsp3) is 0.250. The summed E-state index contributed by atoms with van der Waals surface area (Å²) in [5.74, 6) is 5.79. The zero-order valence-corrected chi connectivity index (χ0v) is 13.1. The van der Waals surface area contributed by atoms with Gasteiger partial charge in [0.15, 0.2) is 5.76 Å². The normalized spacial score (nSPS) is 10.6. The van der Waals surface area contributed by atoms with Gasteiger partial charge in [0.2, 0.25) is 0 Å². The molecular formula is C12H13IN4O3. The highest BCUT2D eigenvalue weighted by atomic mass is 127. The van der Waals surface area contributed by atoms with E-state index in [2.05, 4.69) is 4.98 Å². The number of halogens is 1. The molecule has 2 aromatic rings. The van der Waals surface area contributed by atoms with Gasteiger partial charge in [0.1, 0.15) is 11.6 Å². The van der Waals surface area contributed by atoms with Crippen molar-refractivity contribution < 1.29 is 9.21 Å². The Bertz CT molecular complexity index is 720. The second kappa shape index (κ2) is 5.75. The molecule has 0 bridgehead atoms. The van der Waals surface area contributed by atoms with E-state index in [1.807, 2.05) is 28.0 Å². The number of aryl methyl sites for hydroxylation is 2. The molecule has 0 aliphatic rings. The predicted octanol–water partition coefficient (Wildman–Crippen LogP) is 0.710. The van der Waals surface area contributed by atoms with Crippen molar-refractivity contribution in [2.24, 2.45) is 5.84 Å². The quantitative estimate of drug-likeness (QED) is 0.349. The first kappa shape index (κ1) is 14.7. The third kappa shape index (κ3) is 2.75. The Labute approximate surface area is 128 Å². The minimum atomic E-state index is -0.501. The standard InChI is InChI=1S/C12H13IN4O3/c1-6-3-8(20-10(6)11(18)16-14)5-17-7(2)15-4-9(13)12(17)19/h3-4H,5,14H2,1-2H3,(H,16,18). The number of hydrazine groups is 1. The van der Waals surface area contributed by atoms with E-state index in [0.717, 1.165) is 0 Å². The van der Waals surface area contributed by atoms with E-state index in [1.165, 1.54) is 10.8 Å². The Morgan fingerprint density at radius 3 is 2.90 bits per heavy atom. The zero-order chi connectivity index (χ0) is 14.9. The van der Waals surface area contributed by atoms with Gasteiger partial charge in [-0.15, -0.1) is 0 Å². The monoisotopic (exact) mass is 388 g/mol. The van der Waals surface area contributed by atoms with Gasteiger partial charge in [-0.25, -0.2) is 10.8 Å². The number of furan rings is 1. The molecule has 0 saturated carbocycles. The van der Waals surface area contributed by atoms with Gasteiger partial charge in [-0.1, -0.05) is 0 Å². The molecule has 20 heavy (non-hydrogen) atoms. The van der Waals surface area contributed by atoms with E-state index in [9.17, 15) is 9.59 Å². The number of aromatic nitrogens is 2. The molecule has 0 aliphatic heterocycles. The average Bonchev–Trinajstić information content (AvgIpc) is 2.79. The van der Waals surface area contributed by atoms with Crippen LogP contribution in [0.4, 0.5) is 0 Å². The molecular weight excluding hydrogens is 375 g/mol. The maximum Gasteiger partial charge on any atom is 0.301 e. The number of hydrogen-bond donors (Lipinski definition) is 2. The lowest BCUT2D eigenvalue weighted by atomic mass is 10.2. The van der Waals surface area contributed by atoms with Crippen LogP contribution in [0, 0.1) is 17.4 Å². The van der Waals surface area contributed by atoms with Crippen molar-refractivity contribution in [1.82, 2.24) is 15.0 Å². The number of nitrogens with one attached hydrogen (secondary N) is 1. The Morgan fingerprint density at radius 1 is 1.55 bits per heavy atom. The molecule has 8 heteroatoms. The minimum Gasteiger partial charge on any atom is -0.454 e. The molecule has 3 N–H and O–H groups in total. The molecule has 0 aromatic carbocycles. The van der Waals surface area contributed by atoms with E-state index in [0.29, 0.717) is 20.7 Å². The first-order valence-electron chi connectivity index (χ1n) is 5.76. The van der Waals surface area contributed by atoms with Gasteiger partial charge in [0.25, 0.3) is 5.56 Å². The molecule has 7 nitrogen and oxygen atoms in total. The number of nitrogen functional groups attached to an aromatic ring is 1. The molecule has 2 aromatic heterocycles. The summed E-state index contributed by atoms with van der Waals surface area (Å²) in [6, 6.07) is 1.70. The number of nitrogens with zero attached hydrogens (tertiary/aromatic N) is 2. The first-order chi connectivity index (χ1) is 9.43. The molecule has 1 amide bonds. The Morgan fingerprint density at radius 2 is 2.25 bits per heavy atom. The largest absolute Gasteiger partial charge is 0.454 e. The second-order valence-corrected chi connectivity index (χ2v) is 5.41. The van der Waals surface area contributed by atoms with E-state index >= 15 is 0 Å². The fourth-order valence-electron chi connectivity index (χ4n) is 1.81. The molecule has 0 atom stereocenters. The van der Waals surface area contributed by atoms with Crippen LogP contribution in [0.25, 0.3) is 0 Å². The first-order valence-corrected chi connectivity index (χ1v) is 6.84. The average molecular weight is 388 g/mol. The lowest BCUT2D eigenvalue weighted by molar-refractivity contribution is 0.0923. The van der Waals surface area contributed by atoms with Gasteiger partial charge in [0, 0.05) is 11.8 Å². The van der Waals surface area contributed by atoms with Gasteiger partial charge >= 0.3 is 5.91 Å². The number of amides is 1. The molecule has 106 valence electrons. The SMILES string of the molecule is Cc1cc(Cn2c(C)ncc(I)c2=O)oc1C(=O)NN. The summed E-state index contributed by atoms with van der Waals surface area (Å²) < 4.78 is 7.45. The van der Waals surface area contributed by atoms with E-state index in [4.69, 9.17) is 10.3 Å². The van der Waals surface area contributed by atoms with Crippen LogP contribution in [-0.4, -0.2) is 15.5 Å². The third-order valence-corrected chi connectivity index (χ3v) is 3.56. The maximum absolute atomic E-state index is 12.1. The van der Waals surface area contributed by atoms with Crippen LogP contribution in [0.1, 0.15) is 27.7 Å². The number of carbonyl (C=O) groups excluding carboxylic acids is 1. The van der Waals surface area contributed by atoms with Crippen LogP contribution in [0.5, 0.6) is 0 Å². The Balaban J connectivity index is 2.39. The lowest BCUT2D eigenvalue weighted by Gasteiger charge is -2.07. The van der Waals surface area contributed by atoms with Crippen LogP contribution in [0.2, 0.25) is 0 Å². The smallest absolute Gasteiger partial charge is 0.301 e. The van der Waals surface area contributed by atoms with Crippen LogP contribution >= 0.6 is 22.6 Å². The summed E-state index contributed by atoms with van der Waals surface area (Å²) in [4.78, 5) is 27.7. The Hall–Kier alpha value is -1.68. The molecule has 2 heterocycles. The highest BCUT2D eigenvalue weighted by Gasteiger charge is 2.16. The van der Waals surface area contributed by atoms with Crippen molar-refractivity contribution in [1.29, 1.82) is 0 Å². The maximum atomic E-state index is 12.1. The third-order valence-electron chi connectivity index (χ3n) is 2.82. The van der Waals surface area contributed by atoms with Crippen LogP contribution in [0.3, 0.4) is 0 Å². The van der Waals surface area contributed by atoms with Crippen LogP contribution in [-0.2, 0) is 6.54 Å². The van der Waals surface area contributed by atoms with Crippen molar-refractivity contribution >= 4 is 28.5 Å². The fourth-order valence-corrected chi connectivity index (χ4v) is 2.24. The number of rotatable bonds is 3. The molecule has 2 rings (SSSR count). The topological polar surface area (TPSA) is 103 Å². The summed E-state index contributed by atoms with van der Waals surface area (Å²) in [5.41, 5.74) is 2.53. The van der Waals surface area contributed by atoms with Crippen LogP contribution in [0.15, 0.2) is 21.5 Å². The van der Waals surface area contributed by atoms with Gasteiger partial charge in [-0.05, 0) is 42.5 Å². The van der Waals surface area contributed by atoms with Crippen molar-refractivity contribution in [3.8, 4) is 0 Å². The number of carbonyl (C=O) groups is 1. The second-order valence-electron chi connectivity index (χ2n) is 4.24. The molecule has 0 fully saturated rings. The van der Waals surface area contributed by atoms with Gasteiger partial charge in [0.05, 0.1) is 10.1 Å². The van der Waals surface area contributed by atoms with Crippen LogP contribution < -0.4 is 16.8 Å². The summed E-state index contributed by atoms with van der Waals surface area (Å²) in [6.45, 7) is 3.69. The summed E-state index contributed by atoms with van der Waals surface area (Å²) >= 11 is 1.93. The highest BCUT2D eigenvalue weighted by molar-refractivity contribution is 14.1. The van der Waals surface area contributed by atoms with Gasteiger partial charge in [-0.3, -0.25) is 19.6 Å². The summed E-state index contributed by atoms with van der Waals surface area (Å²) in [6.07, 6.45) is 1.52. The van der Waals surface area contributed by atoms with Gasteiger partial charge < -0.3 is 4.42 Å². The minimum absolute atomic E-state index is 0.142. The summed E-state index contributed by atoms with van der Waals surface area (Å²) in [7, 11) is 0. The van der Waals surface area contributed by atoms with Gasteiger partial charge in [-0.2, -0.15) is 0 Å². The summed E-state index contributed by atoms with van der Waals surface area (Å²) in [5, 5.41) is 0. The molecule has 0 saturated heterocycles. The van der Waals surface area contributed by atoms with Crippen molar-refractivity contribution in [3.63, 3.8) is 0 Å². The van der Waals surface area contributed by atoms with E-state index < -0.39 is 5.91 Å². The van der Waals surface area contributed by atoms with Crippen molar-refractivity contribution in [2.45, 2.75) is 20.4 Å². The van der Waals surface area contributed by atoms with Crippen molar-refractivity contribution in [3.05, 3.63) is 49.1 Å².